The molecule has 2 amide bonds. The Balaban J connectivity index is 1.57. The zero-order valence-corrected chi connectivity index (χ0v) is 15.7. The Bertz CT molecular complexity index is 996. The molecule has 2 aromatic carbocycles. The van der Waals surface area contributed by atoms with Crippen LogP contribution in [0.4, 0.5) is 0 Å². The molecule has 26 heavy (non-hydrogen) atoms. The van der Waals surface area contributed by atoms with Crippen LogP contribution in [0.15, 0.2) is 47.4 Å². The van der Waals surface area contributed by atoms with E-state index in [1.165, 1.54) is 12.1 Å². The summed E-state index contributed by atoms with van der Waals surface area (Å²) in [4.78, 5) is 23.1. The number of benzene rings is 2. The molecule has 0 spiro atoms. The minimum absolute atomic E-state index is 0.0327. The van der Waals surface area contributed by atoms with Gasteiger partial charge in [0.05, 0.1) is 15.7 Å². The summed E-state index contributed by atoms with van der Waals surface area (Å²) in [7, 11) is -4.11. The molecule has 2 aliphatic rings. The van der Waals surface area contributed by atoms with Crippen molar-refractivity contribution in [3.63, 3.8) is 0 Å². The molecule has 4 rings (SSSR count). The molecule has 0 aromatic heterocycles. The fourth-order valence-electron chi connectivity index (χ4n) is 2.71. The van der Waals surface area contributed by atoms with E-state index in [4.69, 9.17) is 4.18 Å². The largest absolute Gasteiger partial charge is 0.379 e. The van der Waals surface area contributed by atoms with E-state index >= 15 is 0 Å². The minimum atomic E-state index is -4.11. The molecule has 9 heteroatoms. The zero-order chi connectivity index (χ0) is 18.3. The molecule has 2 aliphatic heterocycles. The molecule has 0 saturated carbocycles. The van der Waals surface area contributed by atoms with Crippen molar-refractivity contribution < 1.29 is 22.2 Å². The molecule has 0 bridgehead atoms. The second-order valence-electron chi connectivity index (χ2n) is 5.67. The van der Waals surface area contributed by atoms with Crippen LogP contribution in [0.5, 0.6) is 5.75 Å². The molecule has 6 nitrogen and oxygen atoms in total. The summed E-state index contributed by atoms with van der Waals surface area (Å²) in [5.74, 6) is 1.26. The molecule has 2 aromatic rings. The van der Waals surface area contributed by atoms with E-state index in [2.05, 4.69) is 5.32 Å². The highest BCUT2D eigenvalue weighted by atomic mass is 32.2. The van der Waals surface area contributed by atoms with E-state index in [0.717, 1.165) is 23.1 Å². The Kier molecular flexibility index (Phi) is 4.45. The third-order valence-corrected chi connectivity index (χ3v) is 8.32. The number of amides is 2. The first-order chi connectivity index (χ1) is 12.4. The van der Waals surface area contributed by atoms with E-state index in [-0.39, 0.29) is 21.8 Å². The molecule has 1 fully saturated rings. The van der Waals surface area contributed by atoms with Crippen LogP contribution in [0.25, 0.3) is 0 Å². The van der Waals surface area contributed by atoms with E-state index in [1.54, 1.807) is 12.1 Å². The van der Waals surface area contributed by atoms with Gasteiger partial charge in [0.2, 0.25) is 0 Å². The monoisotopic (exact) mass is 407 g/mol. The summed E-state index contributed by atoms with van der Waals surface area (Å²) in [5, 5.41) is 2.13. The zero-order valence-electron chi connectivity index (χ0n) is 13.3. The number of imide groups is 1. The standard InChI is InChI=1S/C17H13NO5S3/c19-15-13-6-5-12(9-14(13)16(20)18-15)26(21,22)23-11-3-1-10(2-4-11)17-24-7-8-25-17/h1-6,9,17H,7-8H2,(H,18,19,20). The van der Waals surface area contributed by atoms with Gasteiger partial charge in [0, 0.05) is 11.5 Å². The van der Waals surface area contributed by atoms with Gasteiger partial charge in [-0.25, -0.2) is 0 Å². The number of fused-ring (bicyclic) bond motifs is 1. The summed E-state index contributed by atoms with van der Waals surface area (Å²) in [6, 6.07) is 10.7. The van der Waals surface area contributed by atoms with Gasteiger partial charge in [-0.05, 0) is 35.9 Å². The summed E-state index contributed by atoms with van der Waals surface area (Å²) in [5.41, 5.74) is 1.31. The normalized spacial score (nSPS) is 17.2. The number of nitrogens with one attached hydrogen (secondary N) is 1. The lowest BCUT2D eigenvalue weighted by Crippen LogP contribution is -2.19. The van der Waals surface area contributed by atoms with Crippen LogP contribution in [0.2, 0.25) is 0 Å². The van der Waals surface area contributed by atoms with Gasteiger partial charge < -0.3 is 4.18 Å². The van der Waals surface area contributed by atoms with Crippen molar-refractivity contribution in [3.8, 4) is 5.75 Å². The molecule has 0 aliphatic carbocycles. The van der Waals surface area contributed by atoms with Crippen LogP contribution in [-0.2, 0) is 10.1 Å². The topological polar surface area (TPSA) is 89.5 Å². The first-order valence-electron chi connectivity index (χ1n) is 7.71. The Morgan fingerprint density at radius 1 is 0.923 bits per heavy atom. The number of carbonyl (C=O) groups is 2. The van der Waals surface area contributed by atoms with E-state index in [1.807, 2.05) is 35.7 Å². The van der Waals surface area contributed by atoms with Crippen LogP contribution in [-0.4, -0.2) is 31.7 Å². The Morgan fingerprint density at radius 3 is 2.27 bits per heavy atom. The van der Waals surface area contributed by atoms with Crippen molar-refractivity contribution >= 4 is 45.5 Å². The van der Waals surface area contributed by atoms with Crippen molar-refractivity contribution in [1.29, 1.82) is 0 Å². The molecule has 0 unspecified atom stereocenters. The average molecular weight is 407 g/mol. The van der Waals surface area contributed by atoms with E-state index < -0.39 is 21.9 Å². The second-order valence-corrected chi connectivity index (χ2v) is 9.94. The predicted molar refractivity (Wildman–Crippen MR) is 100 cm³/mol. The smallest absolute Gasteiger partial charge is 0.339 e. The predicted octanol–water partition coefficient (Wildman–Crippen LogP) is 2.82. The van der Waals surface area contributed by atoms with Gasteiger partial charge in [0.1, 0.15) is 10.6 Å². The molecule has 1 saturated heterocycles. The average Bonchev–Trinajstić information content (AvgIpc) is 3.24. The third-order valence-electron chi connectivity index (χ3n) is 3.98. The van der Waals surface area contributed by atoms with Gasteiger partial charge in [-0.1, -0.05) is 12.1 Å². The number of thioether (sulfide) groups is 2. The van der Waals surface area contributed by atoms with E-state index in [9.17, 15) is 18.0 Å². The van der Waals surface area contributed by atoms with Crippen LogP contribution in [0.1, 0.15) is 30.9 Å². The number of rotatable bonds is 4. The molecule has 134 valence electrons. The second kappa shape index (κ2) is 6.64. The quantitative estimate of drug-likeness (QED) is 0.616. The summed E-state index contributed by atoms with van der Waals surface area (Å²) in [6.07, 6.45) is 0. The highest BCUT2D eigenvalue weighted by Crippen LogP contribution is 2.45. The minimum Gasteiger partial charge on any atom is -0.379 e. The van der Waals surface area contributed by atoms with Gasteiger partial charge >= 0.3 is 10.1 Å². The highest BCUT2D eigenvalue weighted by molar-refractivity contribution is 8.19. The van der Waals surface area contributed by atoms with Crippen molar-refractivity contribution in [2.24, 2.45) is 0 Å². The maximum absolute atomic E-state index is 12.5. The van der Waals surface area contributed by atoms with Gasteiger partial charge in [-0.3, -0.25) is 14.9 Å². The number of hydrogen-bond donors (Lipinski definition) is 1. The Labute approximate surface area is 158 Å². The number of hydrogen-bond acceptors (Lipinski definition) is 7. The molecule has 0 atom stereocenters. The van der Waals surface area contributed by atoms with Gasteiger partial charge in [-0.15, -0.1) is 23.5 Å². The highest BCUT2D eigenvalue weighted by Gasteiger charge is 2.29. The van der Waals surface area contributed by atoms with E-state index in [0.29, 0.717) is 4.58 Å². The van der Waals surface area contributed by atoms with Gasteiger partial charge in [-0.2, -0.15) is 8.42 Å². The summed E-state index contributed by atoms with van der Waals surface area (Å²) >= 11 is 3.72. The Hall–Kier alpha value is -1.97. The van der Waals surface area contributed by atoms with Gasteiger partial charge in [0.25, 0.3) is 11.8 Å². The third kappa shape index (κ3) is 3.22. The lowest BCUT2D eigenvalue weighted by atomic mass is 10.1. The lowest BCUT2D eigenvalue weighted by Gasteiger charge is -2.11. The molecule has 1 N–H and O–H groups in total. The first kappa shape index (κ1) is 17.4. The van der Waals surface area contributed by atoms with Crippen molar-refractivity contribution in [2.45, 2.75) is 9.48 Å². The summed E-state index contributed by atoms with van der Waals surface area (Å²) in [6.45, 7) is 0. The SMILES string of the molecule is O=C1NC(=O)c2cc(S(=O)(=O)Oc3ccc(C4SCCS4)cc3)ccc21. The van der Waals surface area contributed by atoms with Crippen molar-refractivity contribution in [3.05, 3.63) is 59.2 Å². The lowest BCUT2D eigenvalue weighted by molar-refractivity contribution is 0.0879. The fourth-order valence-corrected chi connectivity index (χ4v) is 6.53. The van der Waals surface area contributed by atoms with Crippen molar-refractivity contribution in [2.75, 3.05) is 11.5 Å². The van der Waals surface area contributed by atoms with Gasteiger partial charge in [0.15, 0.2) is 0 Å². The number of carbonyl (C=O) groups excluding carboxylic acids is 2. The van der Waals surface area contributed by atoms with Crippen molar-refractivity contribution in [1.82, 2.24) is 5.32 Å². The Morgan fingerprint density at radius 2 is 1.58 bits per heavy atom. The summed E-state index contributed by atoms with van der Waals surface area (Å²) < 4.78 is 30.5. The maximum Gasteiger partial charge on any atom is 0.339 e. The fraction of sp³-hybridized carbons (Fsp3) is 0.176. The van der Waals surface area contributed by atoms with Crippen LogP contribution < -0.4 is 9.50 Å². The molecular formula is C17H13NO5S3. The van der Waals surface area contributed by atoms with Crippen LogP contribution in [0, 0.1) is 0 Å². The van der Waals surface area contributed by atoms with Crippen LogP contribution in [0.3, 0.4) is 0 Å². The molecule has 2 heterocycles. The van der Waals surface area contributed by atoms with Crippen LogP contribution >= 0.6 is 23.5 Å². The first-order valence-corrected chi connectivity index (χ1v) is 11.2. The molecule has 0 radical (unpaired) electrons. The molecular weight excluding hydrogens is 394 g/mol. The maximum atomic E-state index is 12.5.